The van der Waals surface area contributed by atoms with Crippen LogP contribution < -0.4 is 0 Å². The van der Waals surface area contributed by atoms with Crippen molar-refractivity contribution in [2.75, 3.05) is 0 Å². The van der Waals surface area contributed by atoms with Gasteiger partial charge in [-0.2, -0.15) is 0 Å². The maximum absolute atomic E-state index is 4.15. The molecule has 2 aromatic rings. The molecule has 0 saturated heterocycles. The monoisotopic (exact) mass is 224 g/mol. The third kappa shape index (κ3) is 2.49. The van der Waals surface area contributed by atoms with Crippen LogP contribution in [0.1, 0.15) is 10.6 Å². The van der Waals surface area contributed by atoms with E-state index in [4.69, 9.17) is 0 Å². The van der Waals surface area contributed by atoms with Gasteiger partial charge in [-0.1, -0.05) is 4.49 Å². The lowest BCUT2D eigenvalue weighted by atomic mass is 10.5. The second-order valence-corrected chi connectivity index (χ2v) is 4.54. The van der Waals surface area contributed by atoms with E-state index in [1.165, 1.54) is 11.5 Å². The molecule has 4 nitrogen and oxygen atoms in total. The predicted molar refractivity (Wildman–Crippen MR) is 56.2 cm³/mol. The molecular formula is C8H8N4S2. The first kappa shape index (κ1) is 9.54. The Balaban J connectivity index is 1.98. The molecular weight excluding hydrogens is 216 g/mol. The standard InChI is InChI=1S/C8H8N4S2/c1-6-2-8(10-5-9-6)13-4-7-3-11-12-14-7/h2-3,5H,4H2,1H3. The van der Waals surface area contributed by atoms with Gasteiger partial charge in [-0.15, -0.1) is 16.9 Å². The minimum Gasteiger partial charge on any atom is -0.242 e. The van der Waals surface area contributed by atoms with Crippen LogP contribution in [-0.2, 0) is 5.75 Å². The van der Waals surface area contributed by atoms with Crippen LogP contribution in [0.2, 0.25) is 0 Å². The molecule has 0 atom stereocenters. The number of hydrogen-bond acceptors (Lipinski definition) is 6. The lowest BCUT2D eigenvalue weighted by molar-refractivity contribution is 1.01. The topological polar surface area (TPSA) is 51.6 Å². The summed E-state index contributed by atoms with van der Waals surface area (Å²) in [6.45, 7) is 1.96. The van der Waals surface area contributed by atoms with Gasteiger partial charge in [0, 0.05) is 11.4 Å². The Morgan fingerprint density at radius 2 is 2.36 bits per heavy atom. The first-order valence-corrected chi connectivity index (χ1v) is 5.78. The summed E-state index contributed by atoms with van der Waals surface area (Å²) >= 11 is 3.09. The summed E-state index contributed by atoms with van der Waals surface area (Å²) in [7, 11) is 0. The van der Waals surface area contributed by atoms with Crippen molar-refractivity contribution in [3.63, 3.8) is 0 Å². The van der Waals surface area contributed by atoms with Crippen molar-refractivity contribution in [2.24, 2.45) is 0 Å². The number of nitrogens with zero attached hydrogens (tertiary/aromatic N) is 4. The van der Waals surface area contributed by atoms with E-state index in [1.807, 2.05) is 13.0 Å². The third-order valence-corrected chi connectivity index (χ3v) is 3.37. The number of thioether (sulfide) groups is 1. The molecule has 0 aromatic carbocycles. The minimum absolute atomic E-state index is 0.869. The fourth-order valence-electron chi connectivity index (χ4n) is 0.905. The van der Waals surface area contributed by atoms with Gasteiger partial charge in [-0.25, -0.2) is 9.97 Å². The molecule has 0 spiro atoms. The van der Waals surface area contributed by atoms with E-state index in [-0.39, 0.29) is 0 Å². The Bertz CT molecular complexity index is 401. The molecule has 14 heavy (non-hydrogen) atoms. The zero-order chi connectivity index (χ0) is 9.80. The molecule has 2 heterocycles. The molecule has 0 unspecified atom stereocenters. The predicted octanol–water partition coefficient (Wildman–Crippen LogP) is 1.93. The van der Waals surface area contributed by atoms with Crippen LogP contribution in [0.3, 0.4) is 0 Å². The largest absolute Gasteiger partial charge is 0.242 e. The molecule has 6 heteroatoms. The van der Waals surface area contributed by atoms with E-state index < -0.39 is 0 Å². The van der Waals surface area contributed by atoms with Crippen molar-refractivity contribution in [2.45, 2.75) is 17.7 Å². The number of aryl methyl sites for hydroxylation is 1. The first-order chi connectivity index (χ1) is 6.84. The summed E-state index contributed by atoms with van der Waals surface area (Å²) in [4.78, 5) is 9.35. The second-order valence-electron chi connectivity index (χ2n) is 2.67. The normalized spacial score (nSPS) is 10.4. The van der Waals surface area contributed by atoms with E-state index >= 15 is 0 Å². The zero-order valence-corrected chi connectivity index (χ0v) is 9.18. The Labute approximate surface area is 90.0 Å². The molecule has 0 aliphatic carbocycles. The van der Waals surface area contributed by atoms with Crippen molar-refractivity contribution < 1.29 is 0 Å². The molecule has 0 radical (unpaired) electrons. The van der Waals surface area contributed by atoms with Crippen LogP contribution in [-0.4, -0.2) is 19.6 Å². The first-order valence-electron chi connectivity index (χ1n) is 4.02. The molecule has 0 N–H and O–H groups in total. The third-order valence-electron chi connectivity index (χ3n) is 1.55. The van der Waals surface area contributed by atoms with Gasteiger partial charge in [0.15, 0.2) is 0 Å². The van der Waals surface area contributed by atoms with Crippen LogP contribution in [0, 0.1) is 6.92 Å². The van der Waals surface area contributed by atoms with E-state index in [2.05, 4.69) is 19.6 Å². The molecule has 72 valence electrons. The maximum Gasteiger partial charge on any atom is 0.116 e. The molecule has 0 amide bonds. The van der Waals surface area contributed by atoms with Gasteiger partial charge in [-0.3, -0.25) is 0 Å². The van der Waals surface area contributed by atoms with Crippen LogP contribution >= 0.6 is 23.3 Å². The van der Waals surface area contributed by atoms with Crippen LogP contribution in [0.4, 0.5) is 0 Å². The van der Waals surface area contributed by atoms with Crippen molar-refractivity contribution in [1.82, 2.24) is 19.6 Å². The summed E-state index contributed by atoms with van der Waals surface area (Å²) in [6, 6.07) is 1.97. The van der Waals surface area contributed by atoms with Gasteiger partial charge >= 0.3 is 0 Å². The Kier molecular flexibility index (Phi) is 3.05. The number of rotatable bonds is 3. The molecule has 2 aromatic heterocycles. The average molecular weight is 224 g/mol. The highest BCUT2D eigenvalue weighted by Gasteiger charge is 2.00. The van der Waals surface area contributed by atoms with Crippen molar-refractivity contribution in [3.05, 3.63) is 29.2 Å². The van der Waals surface area contributed by atoms with Crippen molar-refractivity contribution in [1.29, 1.82) is 0 Å². The zero-order valence-electron chi connectivity index (χ0n) is 7.54. The van der Waals surface area contributed by atoms with Gasteiger partial charge in [0.05, 0.1) is 16.1 Å². The van der Waals surface area contributed by atoms with Crippen molar-refractivity contribution >= 4 is 23.3 Å². The second kappa shape index (κ2) is 4.47. The summed E-state index contributed by atoms with van der Waals surface area (Å²) in [6.07, 6.45) is 3.37. The van der Waals surface area contributed by atoms with Gasteiger partial charge in [0.25, 0.3) is 0 Å². The SMILES string of the molecule is Cc1cc(SCc2cnns2)ncn1. The Hall–Kier alpha value is -1.01. The van der Waals surface area contributed by atoms with Crippen LogP contribution in [0.25, 0.3) is 0 Å². The molecule has 2 rings (SSSR count). The highest BCUT2D eigenvalue weighted by Crippen LogP contribution is 2.21. The number of aromatic nitrogens is 4. The number of hydrogen-bond donors (Lipinski definition) is 0. The quantitative estimate of drug-likeness (QED) is 0.589. The fourth-order valence-corrected chi connectivity index (χ4v) is 2.33. The lowest BCUT2D eigenvalue weighted by Gasteiger charge is -1.97. The van der Waals surface area contributed by atoms with Gasteiger partial charge in [0.2, 0.25) is 0 Å². The molecule has 0 aliphatic rings. The highest BCUT2D eigenvalue weighted by molar-refractivity contribution is 7.98. The van der Waals surface area contributed by atoms with Crippen molar-refractivity contribution in [3.8, 4) is 0 Å². The van der Waals surface area contributed by atoms with E-state index in [0.29, 0.717) is 0 Å². The van der Waals surface area contributed by atoms with E-state index in [9.17, 15) is 0 Å². The molecule has 0 saturated carbocycles. The smallest absolute Gasteiger partial charge is 0.116 e. The van der Waals surface area contributed by atoms with Gasteiger partial charge in [0.1, 0.15) is 6.33 Å². The molecule has 0 aliphatic heterocycles. The molecule has 0 fully saturated rings. The van der Waals surface area contributed by atoms with E-state index in [0.717, 1.165) is 21.3 Å². The van der Waals surface area contributed by atoms with Crippen LogP contribution in [0.15, 0.2) is 23.6 Å². The van der Waals surface area contributed by atoms with Crippen LogP contribution in [0.5, 0.6) is 0 Å². The average Bonchev–Trinajstić information content (AvgIpc) is 2.67. The fraction of sp³-hybridized carbons (Fsp3) is 0.250. The van der Waals surface area contributed by atoms with Gasteiger partial charge < -0.3 is 0 Å². The summed E-state index contributed by atoms with van der Waals surface area (Å²) in [5.41, 5.74) is 0.991. The molecule has 0 bridgehead atoms. The summed E-state index contributed by atoms with van der Waals surface area (Å²) < 4.78 is 3.80. The lowest BCUT2D eigenvalue weighted by Crippen LogP contribution is -1.85. The Morgan fingerprint density at radius 1 is 1.43 bits per heavy atom. The van der Waals surface area contributed by atoms with Gasteiger partial charge in [-0.05, 0) is 24.5 Å². The highest BCUT2D eigenvalue weighted by atomic mass is 32.2. The maximum atomic E-state index is 4.15. The Morgan fingerprint density at radius 3 is 3.07 bits per heavy atom. The minimum atomic E-state index is 0.869. The van der Waals surface area contributed by atoms with E-state index in [1.54, 1.807) is 24.3 Å². The summed E-state index contributed by atoms with van der Waals surface area (Å²) in [5, 5.41) is 4.77. The summed E-state index contributed by atoms with van der Waals surface area (Å²) in [5.74, 6) is 0.869.